The van der Waals surface area contributed by atoms with Crippen molar-refractivity contribution in [2.75, 3.05) is 13.1 Å². The summed E-state index contributed by atoms with van der Waals surface area (Å²) in [4.78, 5) is 14.3. The molecule has 6 nitrogen and oxygen atoms in total. The SMILES string of the molecule is O=C(CC1=CCCCC1)N1CCCC(O)(Cn2ccnn2)C1. The lowest BCUT2D eigenvalue weighted by Gasteiger charge is -2.39. The molecule has 1 amide bonds. The van der Waals surface area contributed by atoms with E-state index in [4.69, 9.17) is 0 Å². The summed E-state index contributed by atoms with van der Waals surface area (Å²) in [5.74, 6) is 0.143. The normalized spacial score (nSPS) is 25.9. The number of nitrogens with zero attached hydrogens (tertiary/aromatic N) is 4. The Morgan fingerprint density at radius 3 is 3.00 bits per heavy atom. The van der Waals surface area contributed by atoms with Crippen LogP contribution in [0.3, 0.4) is 0 Å². The molecule has 1 saturated heterocycles. The summed E-state index contributed by atoms with van der Waals surface area (Å²) in [6.45, 7) is 1.52. The van der Waals surface area contributed by atoms with E-state index < -0.39 is 5.60 Å². The number of hydrogen-bond acceptors (Lipinski definition) is 4. The Balaban J connectivity index is 1.59. The van der Waals surface area contributed by atoms with Gasteiger partial charge >= 0.3 is 0 Å². The average Bonchev–Trinajstić information content (AvgIpc) is 3.00. The topological polar surface area (TPSA) is 71.2 Å². The van der Waals surface area contributed by atoms with Crippen LogP contribution in [0.4, 0.5) is 0 Å². The molecule has 0 bridgehead atoms. The molecule has 0 spiro atoms. The largest absolute Gasteiger partial charge is 0.386 e. The number of aliphatic hydroxyl groups is 1. The van der Waals surface area contributed by atoms with Crippen LogP contribution in [0.25, 0.3) is 0 Å². The molecule has 0 aromatic carbocycles. The quantitative estimate of drug-likeness (QED) is 0.856. The third-order valence-corrected chi connectivity index (χ3v) is 4.60. The van der Waals surface area contributed by atoms with Gasteiger partial charge in [0.1, 0.15) is 5.60 Å². The molecular weight excluding hydrogens is 280 g/mol. The monoisotopic (exact) mass is 304 g/mol. The number of likely N-dealkylation sites (tertiary alicyclic amines) is 1. The van der Waals surface area contributed by atoms with Crippen LogP contribution in [0.5, 0.6) is 0 Å². The van der Waals surface area contributed by atoms with Crippen molar-refractivity contribution in [3.8, 4) is 0 Å². The molecule has 1 atom stereocenters. The average molecular weight is 304 g/mol. The second kappa shape index (κ2) is 6.60. The highest BCUT2D eigenvalue weighted by Crippen LogP contribution is 2.26. The van der Waals surface area contributed by atoms with E-state index in [2.05, 4.69) is 16.4 Å². The van der Waals surface area contributed by atoms with E-state index in [0.29, 0.717) is 25.9 Å². The van der Waals surface area contributed by atoms with Crippen molar-refractivity contribution in [3.05, 3.63) is 24.0 Å². The van der Waals surface area contributed by atoms with E-state index in [1.807, 2.05) is 4.90 Å². The van der Waals surface area contributed by atoms with Gasteiger partial charge in [-0.05, 0) is 38.5 Å². The number of allylic oxidation sites excluding steroid dienone is 1. The molecule has 2 heterocycles. The molecule has 1 unspecified atom stereocenters. The fourth-order valence-electron chi connectivity index (χ4n) is 3.44. The number of rotatable bonds is 4. The van der Waals surface area contributed by atoms with Crippen molar-refractivity contribution in [2.24, 2.45) is 0 Å². The molecular formula is C16H24N4O2. The van der Waals surface area contributed by atoms with Gasteiger partial charge in [-0.25, -0.2) is 4.68 Å². The zero-order valence-electron chi connectivity index (χ0n) is 12.9. The minimum atomic E-state index is -0.900. The first-order chi connectivity index (χ1) is 10.6. The minimum absolute atomic E-state index is 0.143. The van der Waals surface area contributed by atoms with Gasteiger partial charge < -0.3 is 10.0 Å². The third kappa shape index (κ3) is 3.74. The summed E-state index contributed by atoms with van der Waals surface area (Å²) in [5, 5.41) is 18.4. The standard InChI is InChI=1S/C16H24N4O2/c21-15(11-14-5-2-1-3-6-14)19-9-4-7-16(22,12-19)13-20-10-8-17-18-20/h5,8,10,22H,1-4,6-7,9,11-13H2. The lowest BCUT2D eigenvalue weighted by atomic mass is 9.91. The van der Waals surface area contributed by atoms with Crippen LogP contribution < -0.4 is 0 Å². The van der Waals surface area contributed by atoms with Crippen LogP contribution in [-0.4, -0.2) is 49.6 Å². The first kappa shape index (κ1) is 15.2. The van der Waals surface area contributed by atoms with E-state index in [0.717, 1.165) is 25.8 Å². The number of carbonyl (C=O) groups excluding carboxylic acids is 1. The molecule has 2 aliphatic rings. The number of hydrogen-bond donors (Lipinski definition) is 1. The summed E-state index contributed by atoms with van der Waals surface area (Å²) in [6, 6.07) is 0. The van der Waals surface area contributed by atoms with Gasteiger partial charge in [0, 0.05) is 19.2 Å². The third-order valence-electron chi connectivity index (χ3n) is 4.60. The van der Waals surface area contributed by atoms with Crippen molar-refractivity contribution in [1.29, 1.82) is 0 Å². The van der Waals surface area contributed by atoms with E-state index in [1.54, 1.807) is 17.1 Å². The molecule has 1 N–H and O–H groups in total. The molecule has 1 aromatic rings. The molecule has 3 rings (SSSR count). The summed E-state index contributed by atoms with van der Waals surface area (Å²) in [7, 11) is 0. The summed E-state index contributed by atoms with van der Waals surface area (Å²) in [6.07, 6.45) is 12.2. The summed E-state index contributed by atoms with van der Waals surface area (Å²) < 4.78 is 1.64. The Morgan fingerprint density at radius 1 is 1.36 bits per heavy atom. The molecule has 1 aliphatic carbocycles. The van der Waals surface area contributed by atoms with Gasteiger partial charge in [-0.2, -0.15) is 0 Å². The van der Waals surface area contributed by atoms with Gasteiger partial charge in [-0.3, -0.25) is 4.79 Å². The van der Waals surface area contributed by atoms with Crippen LogP contribution in [0.2, 0.25) is 0 Å². The lowest BCUT2D eigenvalue weighted by molar-refractivity contribution is -0.138. The van der Waals surface area contributed by atoms with Crippen LogP contribution >= 0.6 is 0 Å². The highest BCUT2D eigenvalue weighted by atomic mass is 16.3. The fraction of sp³-hybridized carbons (Fsp3) is 0.688. The smallest absolute Gasteiger partial charge is 0.226 e. The number of piperidine rings is 1. The predicted octanol–water partition coefficient (Wildman–Crippen LogP) is 1.52. The molecule has 0 saturated carbocycles. The Kier molecular flexibility index (Phi) is 4.57. The molecule has 6 heteroatoms. The van der Waals surface area contributed by atoms with E-state index in [-0.39, 0.29) is 5.91 Å². The summed E-state index contributed by atoms with van der Waals surface area (Å²) >= 11 is 0. The number of aromatic nitrogens is 3. The van der Waals surface area contributed by atoms with E-state index >= 15 is 0 Å². The van der Waals surface area contributed by atoms with Gasteiger partial charge in [-0.15, -0.1) is 5.10 Å². The Bertz CT molecular complexity index is 540. The molecule has 120 valence electrons. The lowest BCUT2D eigenvalue weighted by Crippen LogP contribution is -2.52. The van der Waals surface area contributed by atoms with Crippen LogP contribution in [0, 0.1) is 0 Å². The molecule has 22 heavy (non-hydrogen) atoms. The maximum Gasteiger partial charge on any atom is 0.226 e. The van der Waals surface area contributed by atoms with Crippen LogP contribution in [0.1, 0.15) is 44.9 Å². The van der Waals surface area contributed by atoms with Crippen molar-refractivity contribution in [3.63, 3.8) is 0 Å². The van der Waals surface area contributed by atoms with Crippen molar-refractivity contribution in [1.82, 2.24) is 19.9 Å². The first-order valence-electron chi connectivity index (χ1n) is 8.17. The maximum absolute atomic E-state index is 12.5. The van der Waals surface area contributed by atoms with Gasteiger partial charge in [0.05, 0.1) is 19.3 Å². The number of amides is 1. The zero-order valence-corrected chi connectivity index (χ0v) is 12.9. The minimum Gasteiger partial charge on any atom is -0.386 e. The van der Waals surface area contributed by atoms with Crippen molar-refractivity contribution < 1.29 is 9.90 Å². The predicted molar refractivity (Wildman–Crippen MR) is 82.0 cm³/mol. The zero-order chi connectivity index (χ0) is 15.4. The van der Waals surface area contributed by atoms with Crippen LogP contribution in [0.15, 0.2) is 24.0 Å². The van der Waals surface area contributed by atoms with Crippen molar-refractivity contribution in [2.45, 2.75) is 57.1 Å². The van der Waals surface area contributed by atoms with Gasteiger partial charge in [0.25, 0.3) is 0 Å². The Morgan fingerprint density at radius 2 is 2.27 bits per heavy atom. The highest BCUT2D eigenvalue weighted by Gasteiger charge is 2.35. The van der Waals surface area contributed by atoms with Gasteiger partial charge in [-0.1, -0.05) is 16.9 Å². The maximum atomic E-state index is 12.5. The fourth-order valence-corrected chi connectivity index (χ4v) is 3.44. The molecule has 1 aliphatic heterocycles. The molecule has 0 radical (unpaired) electrons. The second-order valence-corrected chi connectivity index (χ2v) is 6.53. The second-order valence-electron chi connectivity index (χ2n) is 6.53. The van der Waals surface area contributed by atoms with Gasteiger partial charge in [0.2, 0.25) is 5.91 Å². The van der Waals surface area contributed by atoms with Gasteiger partial charge in [0.15, 0.2) is 0 Å². The van der Waals surface area contributed by atoms with E-state index in [9.17, 15) is 9.90 Å². The number of carbonyl (C=O) groups is 1. The van der Waals surface area contributed by atoms with E-state index in [1.165, 1.54) is 18.4 Å². The highest BCUT2D eigenvalue weighted by molar-refractivity contribution is 5.79. The number of β-amino-alcohol motifs (C(OH)–C–C–N with tert-alkyl or cyclic N) is 1. The van der Waals surface area contributed by atoms with Crippen molar-refractivity contribution >= 4 is 5.91 Å². The Hall–Kier alpha value is -1.69. The molecule has 1 fully saturated rings. The molecule has 1 aromatic heterocycles. The summed E-state index contributed by atoms with van der Waals surface area (Å²) in [5.41, 5.74) is 0.365. The van der Waals surface area contributed by atoms with Crippen LogP contribution in [-0.2, 0) is 11.3 Å². The first-order valence-corrected chi connectivity index (χ1v) is 8.17. The Labute approximate surface area is 130 Å².